The standard InChI is InChI=1S/C10H11F2NO4/c1-6(14)2-3-17-10-5-7(11)9(13(15)16)4-8(10)12/h4-6,14H,2-3H2,1H3. The molecular formula is C10H11F2NO4. The number of hydrogen-bond acceptors (Lipinski definition) is 4. The molecule has 0 radical (unpaired) electrons. The van der Waals surface area contributed by atoms with Gasteiger partial charge in [0.05, 0.1) is 23.7 Å². The highest BCUT2D eigenvalue weighted by Crippen LogP contribution is 2.26. The van der Waals surface area contributed by atoms with Crippen LogP contribution in [-0.4, -0.2) is 22.7 Å². The van der Waals surface area contributed by atoms with Gasteiger partial charge in [-0.15, -0.1) is 0 Å². The third-order valence-electron chi connectivity index (χ3n) is 1.99. The third kappa shape index (κ3) is 3.63. The van der Waals surface area contributed by atoms with Crippen molar-refractivity contribution in [2.24, 2.45) is 0 Å². The first kappa shape index (κ1) is 13.3. The molecule has 0 aliphatic carbocycles. The Morgan fingerprint density at radius 2 is 2.12 bits per heavy atom. The molecule has 0 fully saturated rings. The predicted molar refractivity (Wildman–Crippen MR) is 54.8 cm³/mol. The lowest BCUT2D eigenvalue weighted by Crippen LogP contribution is -2.08. The summed E-state index contributed by atoms with van der Waals surface area (Å²) in [4.78, 5) is 9.30. The van der Waals surface area contributed by atoms with E-state index in [-0.39, 0.29) is 13.0 Å². The van der Waals surface area contributed by atoms with E-state index < -0.39 is 34.1 Å². The monoisotopic (exact) mass is 247 g/mol. The van der Waals surface area contributed by atoms with Crippen LogP contribution in [-0.2, 0) is 0 Å². The van der Waals surface area contributed by atoms with E-state index >= 15 is 0 Å². The van der Waals surface area contributed by atoms with Crippen LogP contribution < -0.4 is 4.74 Å². The van der Waals surface area contributed by atoms with Crippen molar-refractivity contribution in [3.63, 3.8) is 0 Å². The van der Waals surface area contributed by atoms with Crippen molar-refractivity contribution in [1.29, 1.82) is 0 Å². The first-order valence-corrected chi connectivity index (χ1v) is 4.86. The maximum Gasteiger partial charge on any atom is 0.307 e. The lowest BCUT2D eigenvalue weighted by molar-refractivity contribution is -0.387. The summed E-state index contributed by atoms with van der Waals surface area (Å²) in [6.45, 7) is 1.52. The number of aliphatic hydroxyl groups is 1. The van der Waals surface area contributed by atoms with Gasteiger partial charge in [-0.05, 0) is 6.92 Å². The molecule has 17 heavy (non-hydrogen) atoms. The Bertz CT molecular complexity index is 423. The molecule has 0 bridgehead atoms. The van der Waals surface area contributed by atoms with Gasteiger partial charge in [-0.2, -0.15) is 4.39 Å². The van der Waals surface area contributed by atoms with Crippen molar-refractivity contribution >= 4 is 5.69 Å². The summed E-state index contributed by atoms with van der Waals surface area (Å²) >= 11 is 0. The Labute approximate surface area is 95.8 Å². The van der Waals surface area contributed by atoms with Crippen LogP contribution in [0.1, 0.15) is 13.3 Å². The van der Waals surface area contributed by atoms with E-state index in [4.69, 9.17) is 9.84 Å². The summed E-state index contributed by atoms with van der Waals surface area (Å²) in [7, 11) is 0. The normalized spacial score (nSPS) is 12.2. The van der Waals surface area contributed by atoms with Crippen molar-refractivity contribution in [2.45, 2.75) is 19.4 Å². The van der Waals surface area contributed by atoms with Gasteiger partial charge < -0.3 is 9.84 Å². The molecule has 0 aromatic heterocycles. The van der Waals surface area contributed by atoms with Gasteiger partial charge in [0.2, 0.25) is 5.82 Å². The smallest absolute Gasteiger partial charge is 0.307 e. The zero-order valence-electron chi connectivity index (χ0n) is 9.02. The number of rotatable bonds is 5. The van der Waals surface area contributed by atoms with Crippen molar-refractivity contribution in [1.82, 2.24) is 0 Å². The zero-order valence-corrected chi connectivity index (χ0v) is 9.02. The summed E-state index contributed by atoms with van der Waals surface area (Å²) < 4.78 is 31.3. The molecule has 5 nitrogen and oxygen atoms in total. The largest absolute Gasteiger partial charge is 0.490 e. The number of benzene rings is 1. The highest BCUT2D eigenvalue weighted by atomic mass is 19.1. The van der Waals surface area contributed by atoms with Crippen LogP contribution in [0.4, 0.5) is 14.5 Å². The van der Waals surface area contributed by atoms with Gasteiger partial charge in [-0.1, -0.05) is 0 Å². The van der Waals surface area contributed by atoms with E-state index in [2.05, 4.69) is 0 Å². The predicted octanol–water partition coefficient (Wildman–Crippen LogP) is 2.02. The van der Waals surface area contributed by atoms with Gasteiger partial charge in [-0.3, -0.25) is 10.1 Å². The van der Waals surface area contributed by atoms with Crippen molar-refractivity contribution in [3.05, 3.63) is 33.9 Å². The van der Waals surface area contributed by atoms with E-state index in [1.54, 1.807) is 0 Å². The molecule has 0 saturated heterocycles. The Kier molecular flexibility index (Phi) is 4.33. The molecule has 7 heteroatoms. The molecule has 0 amide bonds. The molecule has 0 aliphatic heterocycles. The number of nitro benzene ring substituents is 1. The SMILES string of the molecule is CC(O)CCOc1cc(F)c([N+](=O)[O-])cc1F. The number of aliphatic hydroxyl groups excluding tert-OH is 1. The number of nitrogens with zero attached hydrogens (tertiary/aromatic N) is 1. The molecule has 0 heterocycles. The summed E-state index contributed by atoms with van der Waals surface area (Å²) in [6.07, 6.45) is -0.376. The van der Waals surface area contributed by atoms with Gasteiger partial charge >= 0.3 is 5.69 Å². The summed E-state index contributed by atoms with van der Waals surface area (Å²) in [5.41, 5.74) is -0.939. The molecular weight excluding hydrogens is 236 g/mol. The Morgan fingerprint density at radius 1 is 1.47 bits per heavy atom. The van der Waals surface area contributed by atoms with Gasteiger partial charge in [-0.25, -0.2) is 4.39 Å². The minimum absolute atomic E-state index is 0.00810. The second kappa shape index (κ2) is 5.53. The Hall–Kier alpha value is -1.76. The minimum Gasteiger partial charge on any atom is -0.490 e. The van der Waals surface area contributed by atoms with Gasteiger partial charge in [0, 0.05) is 12.5 Å². The van der Waals surface area contributed by atoms with Crippen LogP contribution in [0.3, 0.4) is 0 Å². The number of nitro groups is 1. The lowest BCUT2D eigenvalue weighted by atomic mass is 10.2. The van der Waals surface area contributed by atoms with E-state index in [9.17, 15) is 18.9 Å². The first-order chi connectivity index (χ1) is 7.91. The maximum atomic E-state index is 13.3. The van der Waals surface area contributed by atoms with Crippen molar-refractivity contribution in [3.8, 4) is 5.75 Å². The van der Waals surface area contributed by atoms with Crippen LogP contribution in [0.2, 0.25) is 0 Å². The van der Waals surface area contributed by atoms with E-state index in [1.165, 1.54) is 6.92 Å². The van der Waals surface area contributed by atoms with E-state index in [0.29, 0.717) is 12.1 Å². The molecule has 1 N–H and O–H groups in total. The lowest BCUT2D eigenvalue weighted by Gasteiger charge is -2.08. The van der Waals surface area contributed by atoms with Gasteiger partial charge in [0.25, 0.3) is 0 Å². The summed E-state index contributed by atoms with van der Waals surface area (Å²) in [5.74, 6) is -2.58. The molecule has 94 valence electrons. The van der Waals surface area contributed by atoms with Crippen LogP contribution in [0.25, 0.3) is 0 Å². The molecule has 1 atom stereocenters. The summed E-state index contributed by atoms with van der Waals surface area (Å²) in [5, 5.41) is 19.2. The minimum atomic E-state index is -1.16. The fourth-order valence-corrected chi connectivity index (χ4v) is 1.11. The summed E-state index contributed by atoms with van der Waals surface area (Å²) in [6, 6.07) is 1.09. The number of ether oxygens (including phenoxy) is 1. The molecule has 0 spiro atoms. The first-order valence-electron chi connectivity index (χ1n) is 4.86. The highest BCUT2D eigenvalue weighted by molar-refractivity contribution is 5.39. The molecule has 1 aromatic rings. The second-order valence-corrected chi connectivity index (χ2v) is 3.48. The molecule has 0 aliphatic rings. The Morgan fingerprint density at radius 3 is 2.65 bits per heavy atom. The van der Waals surface area contributed by atoms with Crippen LogP contribution in [0.15, 0.2) is 12.1 Å². The van der Waals surface area contributed by atoms with Gasteiger partial charge in [0.1, 0.15) is 0 Å². The van der Waals surface area contributed by atoms with Crippen molar-refractivity contribution in [2.75, 3.05) is 6.61 Å². The van der Waals surface area contributed by atoms with Crippen molar-refractivity contribution < 1.29 is 23.5 Å². The zero-order chi connectivity index (χ0) is 13.0. The molecule has 0 saturated carbocycles. The Balaban J connectivity index is 2.81. The van der Waals surface area contributed by atoms with E-state index in [1.807, 2.05) is 0 Å². The highest BCUT2D eigenvalue weighted by Gasteiger charge is 2.19. The van der Waals surface area contributed by atoms with E-state index in [0.717, 1.165) is 0 Å². The van der Waals surface area contributed by atoms with Crippen LogP contribution >= 0.6 is 0 Å². The topological polar surface area (TPSA) is 72.6 Å². The maximum absolute atomic E-state index is 13.3. The molecule has 1 rings (SSSR count). The van der Waals surface area contributed by atoms with Crippen LogP contribution in [0, 0.1) is 21.7 Å². The quantitative estimate of drug-likeness (QED) is 0.638. The fourth-order valence-electron chi connectivity index (χ4n) is 1.11. The number of hydrogen-bond donors (Lipinski definition) is 1. The van der Waals surface area contributed by atoms with Gasteiger partial charge in [0.15, 0.2) is 11.6 Å². The molecule has 1 unspecified atom stereocenters. The van der Waals surface area contributed by atoms with Crippen LogP contribution in [0.5, 0.6) is 5.75 Å². The fraction of sp³-hybridized carbons (Fsp3) is 0.400. The number of halogens is 2. The average Bonchev–Trinajstić information content (AvgIpc) is 2.21. The second-order valence-electron chi connectivity index (χ2n) is 3.48. The third-order valence-corrected chi connectivity index (χ3v) is 1.99. The average molecular weight is 247 g/mol. The molecule has 1 aromatic carbocycles.